The van der Waals surface area contributed by atoms with Gasteiger partial charge in [0.25, 0.3) is 0 Å². The number of hydrogen-bond donors (Lipinski definition) is 2. The van der Waals surface area contributed by atoms with Crippen LogP contribution >= 0.6 is 0 Å². The van der Waals surface area contributed by atoms with Crippen molar-refractivity contribution >= 4 is 5.91 Å². The second-order valence-corrected chi connectivity index (χ2v) is 5.35. The first-order valence-corrected chi connectivity index (χ1v) is 6.48. The minimum absolute atomic E-state index is 0.00259. The predicted octanol–water partition coefficient (Wildman–Crippen LogP) is 2.23. The summed E-state index contributed by atoms with van der Waals surface area (Å²) in [5, 5.41) is 13.1. The van der Waals surface area contributed by atoms with Crippen molar-refractivity contribution in [1.29, 1.82) is 0 Å². The quantitative estimate of drug-likeness (QED) is 0.756. The molecule has 0 bridgehead atoms. The van der Waals surface area contributed by atoms with Crippen molar-refractivity contribution in [1.82, 2.24) is 5.32 Å². The van der Waals surface area contributed by atoms with Crippen LogP contribution in [-0.4, -0.2) is 22.7 Å². The maximum Gasteiger partial charge on any atom is 0.223 e. The SMILES string of the molecule is CCC(C)C(C)NC(=O)CC1(O)CCCC1. The van der Waals surface area contributed by atoms with Crippen LogP contribution in [0.5, 0.6) is 0 Å². The minimum Gasteiger partial charge on any atom is -0.389 e. The molecule has 1 aliphatic rings. The summed E-state index contributed by atoms with van der Waals surface area (Å²) in [7, 11) is 0. The van der Waals surface area contributed by atoms with Crippen LogP contribution in [0.25, 0.3) is 0 Å². The molecule has 1 saturated carbocycles. The molecule has 94 valence electrons. The Kier molecular flexibility index (Phi) is 4.78. The van der Waals surface area contributed by atoms with Crippen molar-refractivity contribution in [3.8, 4) is 0 Å². The van der Waals surface area contributed by atoms with E-state index >= 15 is 0 Å². The molecule has 1 amide bonds. The van der Waals surface area contributed by atoms with Gasteiger partial charge in [-0.25, -0.2) is 0 Å². The number of aliphatic hydroxyl groups is 1. The Morgan fingerprint density at radius 2 is 1.94 bits per heavy atom. The number of nitrogens with one attached hydrogen (secondary N) is 1. The molecule has 1 rings (SSSR count). The Hall–Kier alpha value is -0.570. The smallest absolute Gasteiger partial charge is 0.223 e. The van der Waals surface area contributed by atoms with Crippen LogP contribution in [0.2, 0.25) is 0 Å². The van der Waals surface area contributed by atoms with Crippen LogP contribution in [0, 0.1) is 5.92 Å². The van der Waals surface area contributed by atoms with Crippen LogP contribution in [0.1, 0.15) is 59.3 Å². The van der Waals surface area contributed by atoms with Crippen LogP contribution in [0.4, 0.5) is 0 Å². The molecule has 0 aromatic carbocycles. The number of rotatable bonds is 5. The summed E-state index contributed by atoms with van der Waals surface area (Å²) in [5.41, 5.74) is -0.723. The largest absolute Gasteiger partial charge is 0.389 e. The third kappa shape index (κ3) is 3.78. The lowest BCUT2D eigenvalue weighted by Crippen LogP contribution is -2.41. The lowest BCUT2D eigenvalue weighted by molar-refractivity contribution is -0.126. The zero-order valence-corrected chi connectivity index (χ0v) is 10.8. The van der Waals surface area contributed by atoms with Crippen LogP contribution in [-0.2, 0) is 4.79 Å². The molecule has 3 nitrogen and oxygen atoms in total. The van der Waals surface area contributed by atoms with E-state index in [1.807, 2.05) is 6.92 Å². The van der Waals surface area contributed by atoms with Crippen LogP contribution in [0.15, 0.2) is 0 Å². The summed E-state index contributed by atoms with van der Waals surface area (Å²) in [4.78, 5) is 11.8. The molecule has 0 saturated heterocycles. The fourth-order valence-corrected chi connectivity index (χ4v) is 2.31. The van der Waals surface area contributed by atoms with Gasteiger partial charge in [0.1, 0.15) is 0 Å². The maximum absolute atomic E-state index is 11.8. The Bertz CT molecular complexity index is 234. The maximum atomic E-state index is 11.8. The van der Waals surface area contributed by atoms with Gasteiger partial charge in [0.15, 0.2) is 0 Å². The van der Waals surface area contributed by atoms with Crippen LogP contribution < -0.4 is 5.32 Å². The fourth-order valence-electron chi connectivity index (χ4n) is 2.31. The molecule has 2 N–H and O–H groups in total. The Labute approximate surface area is 98.6 Å². The van der Waals surface area contributed by atoms with E-state index in [9.17, 15) is 9.90 Å². The Morgan fingerprint density at radius 1 is 1.38 bits per heavy atom. The van der Waals surface area contributed by atoms with Gasteiger partial charge in [-0.1, -0.05) is 33.1 Å². The standard InChI is InChI=1S/C13H25NO2/c1-4-10(2)11(3)14-12(15)9-13(16)7-5-6-8-13/h10-11,16H,4-9H2,1-3H3,(H,14,15). The highest BCUT2D eigenvalue weighted by molar-refractivity contribution is 5.77. The normalized spacial score (nSPS) is 22.8. The van der Waals surface area contributed by atoms with Gasteiger partial charge < -0.3 is 10.4 Å². The summed E-state index contributed by atoms with van der Waals surface area (Å²) >= 11 is 0. The topological polar surface area (TPSA) is 49.3 Å². The molecule has 0 aliphatic heterocycles. The highest BCUT2D eigenvalue weighted by atomic mass is 16.3. The third-order valence-corrected chi connectivity index (χ3v) is 3.91. The summed E-state index contributed by atoms with van der Waals surface area (Å²) in [5.74, 6) is 0.486. The molecule has 1 fully saturated rings. The second kappa shape index (κ2) is 5.67. The highest BCUT2D eigenvalue weighted by Gasteiger charge is 2.33. The molecule has 16 heavy (non-hydrogen) atoms. The zero-order chi connectivity index (χ0) is 12.2. The molecule has 2 atom stereocenters. The van der Waals surface area contributed by atoms with Gasteiger partial charge in [-0.3, -0.25) is 4.79 Å². The van der Waals surface area contributed by atoms with E-state index in [0.29, 0.717) is 5.92 Å². The third-order valence-electron chi connectivity index (χ3n) is 3.91. The number of carbonyl (C=O) groups is 1. The van der Waals surface area contributed by atoms with Gasteiger partial charge >= 0.3 is 0 Å². The van der Waals surface area contributed by atoms with Crippen molar-refractivity contribution in [3.63, 3.8) is 0 Å². The first kappa shape index (κ1) is 13.5. The number of hydrogen-bond acceptors (Lipinski definition) is 2. The molecule has 0 spiro atoms. The Balaban J connectivity index is 2.35. The molecule has 1 aliphatic carbocycles. The van der Waals surface area contributed by atoms with Crippen molar-refractivity contribution < 1.29 is 9.90 Å². The van der Waals surface area contributed by atoms with E-state index in [4.69, 9.17) is 0 Å². The van der Waals surface area contributed by atoms with E-state index < -0.39 is 5.60 Å². The van der Waals surface area contributed by atoms with Crippen molar-refractivity contribution in [2.45, 2.75) is 70.9 Å². The zero-order valence-electron chi connectivity index (χ0n) is 10.8. The molecular weight excluding hydrogens is 202 g/mol. The molecule has 2 unspecified atom stereocenters. The molecule has 0 radical (unpaired) electrons. The summed E-state index contributed by atoms with van der Waals surface area (Å²) < 4.78 is 0. The van der Waals surface area contributed by atoms with Gasteiger partial charge in [-0.15, -0.1) is 0 Å². The average molecular weight is 227 g/mol. The number of amides is 1. The van der Waals surface area contributed by atoms with Crippen LogP contribution in [0.3, 0.4) is 0 Å². The molecule has 0 aromatic rings. The average Bonchev–Trinajstić information content (AvgIpc) is 2.62. The molecule has 0 heterocycles. The number of carbonyl (C=O) groups excluding carboxylic acids is 1. The Morgan fingerprint density at radius 3 is 2.44 bits per heavy atom. The van der Waals surface area contributed by atoms with E-state index in [-0.39, 0.29) is 18.4 Å². The first-order valence-electron chi connectivity index (χ1n) is 6.48. The van der Waals surface area contributed by atoms with Gasteiger partial charge in [-0.05, 0) is 25.7 Å². The lowest BCUT2D eigenvalue weighted by Gasteiger charge is -2.24. The summed E-state index contributed by atoms with van der Waals surface area (Å²) in [6, 6.07) is 0.197. The first-order chi connectivity index (χ1) is 7.47. The van der Waals surface area contributed by atoms with E-state index in [1.165, 1.54) is 0 Å². The van der Waals surface area contributed by atoms with E-state index in [0.717, 1.165) is 32.1 Å². The van der Waals surface area contributed by atoms with Gasteiger partial charge in [0, 0.05) is 6.04 Å². The lowest BCUT2D eigenvalue weighted by atomic mass is 9.96. The minimum atomic E-state index is -0.723. The van der Waals surface area contributed by atoms with Gasteiger partial charge in [0.2, 0.25) is 5.91 Å². The van der Waals surface area contributed by atoms with Crippen molar-refractivity contribution in [3.05, 3.63) is 0 Å². The van der Waals surface area contributed by atoms with E-state index in [1.54, 1.807) is 0 Å². The summed E-state index contributed by atoms with van der Waals surface area (Å²) in [6.07, 6.45) is 4.98. The fraction of sp³-hybridized carbons (Fsp3) is 0.923. The van der Waals surface area contributed by atoms with Gasteiger partial charge in [0.05, 0.1) is 12.0 Å². The van der Waals surface area contributed by atoms with Crippen molar-refractivity contribution in [2.75, 3.05) is 0 Å². The van der Waals surface area contributed by atoms with Gasteiger partial charge in [-0.2, -0.15) is 0 Å². The predicted molar refractivity (Wildman–Crippen MR) is 65.1 cm³/mol. The second-order valence-electron chi connectivity index (χ2n) is 5.35. The molecule has 0 aromatic heterocycles. The highest BCUT2D eigenvalue weighted by Crippen LogP contribution is 2.32. The van der Waals surface area contributed by atoms with Crippen molar-refractivity contribution in [2.24, 2.45) is 5.92 Å². The van der Waals surface area contributed by atoms with E-state index in [2.05, 4.69) is 19.2 Å². The molecule has 3 heteroatoms. The molecular formula is C13H25NO2. The summed E-state index contributed by atoms with van der Waals surface area (Å²) in [6.45, 7) is 6.29. The monoisotopic (exact) mass is 227 g/mol.